The van der Waals surface area contributed by atoms with Crippen molar-refractivity contribution >= 4 is 17.8 Å². The highest BCUT2D eigenvalue weighted by atomic mass is 16.2. The van der Waals surface area contributed by atoms with Crippen LogP contribution in [0.15, 0.2) is 30.3 Å². The largest absolute Gasteiger partial charge is 0.341 e. The maximum Gasteiger partial charge on any atom is 0.325 e. The second-order valence-corrected chi connectivity index (χ2v) is 8.56. The molecule has 154 valence electrons. The molecule has 1 aromatic carbocycles. The Hall–Kier alpha value is -2.37. The predicted octanol–water partition coefficient (Wildman–Crippen LogP) is 3.37. The Morgan fingerprint density at radius 3 is 2.07 bits per heavy atom. The Morgan fingerprint density at radius 1 is 1.04 bits per heavy atom. The molecule has 0 bridgehead atoms. The third kappa shape index (κ3) is 5.12. The molecule has 0 aliphatic carbocycles. The number of amides is 4. The molecule has 2 rings (SSSR count). The van der Waals surface area contributed by atoms with E-state index < -0.39 is 11.6 Å². The number of nitrogens with one attached hydrogen (secondary N) is 1. The van der Waals surface area contributed by atoms with Crippen molar-refractivity contribution in [3.8, 4) is 0 Å². The number of rotatable bonds is 9. The van der Waals surface area contributed by atoms with Crippen LogP contribution in [0.1, 0.15) is 53.0 Å². The van der Waals surface area contributed by atoms with Crippen LogP contribution in [-0.2, 0) is 15.1 Å². The zero-order valence-electron chi connectivity index (χ0n) is 17.7. The maximum absolute atomic E-state index is 13.0. The molecule has 1 aliphatic rings. The number of carbonyl (C=O) groups excluding carboxylic acids is 3. The van der Waals surface area contributed by atoms with Crippen molar-refractivity contribution in [1.29, 1.82) is 0 Å². The van der Waals surface area contributed by atoms with Gasteiger partial charge in [0, 0.05) is 13.1 Å². The number of hydrogen-bond acceptors (Lipinski definition) is 3. The van der Waals surface area contributed by atoms with E-state index in [9.17, 15) is 14.4 Å². The second kappa shape index (κ2) is 9.22. The van der Waals surface area contributed by atoms with E-state index in [-0.39, 0.29) is 18.4 Å². The molecule has 1 saturated heterocycles. The Bertz CT molecular complexity index is 690. The lowest BCUT2D eigenvalue weighted by molar-refractivity contribution is -0.139. The van der Waals surface area contributed by atoms with Crippen molar-refractivity contribution in [2.45, 2.75) is 53.0 Å². The predicted molar refractivity (Wildman–Crippen MR) is 110 cm³/mol. The summed E-state index contributed by atoms with van der Waals surface area (Å²) in [5, 5.41) is 2.76. The van der Waals surface area contributed by atoms with Gasteiger partial charge in [0.25, 0.3) is 5.91 Å². The van der Waals surface area contributed by atoms with Gasteiger partial charge in [-0.15, -0.1) is 0 Å². The van der Waals surface area contributed by atoms with Crippen LogP contribution in [0.25, 0.3) is 0 Å². The number of carbonyl (C=O) groups is 3. The standard InChI is InChI=1S/C22H33N3O3/c1-16(2)11-13-24(14-12-17(3)4)19(26)15-25-20(27)22(5,23-21(25)28)18-9-7-6-8-10-18/h6-10,16-17H,11-15H2,1-5H3,(H,23,28)/t22-/m1/s1. The smallest absolute Gasteiger partial charge is 0.325 e. The molecule has 0 aromatic heterocycles. The van der Waals surface area contributed by atoms with E-state index in [0.29, 0.717) is 30.5 Å². The monoisotopic (exact) mass is 387 g/mol. The van der Waals surface area contributed by atoms with Crippen molar-refractivity contribution in [3.63, 3.8) is 0 Å². The fourth-order valence-corrected chi connectivity index (χ4v) is 3.23. The topological polar surface area (TPSA) is 69.7 Å². The third-order valence-corrected chi connectivity index (χ3v) is 5.22. The first-order valence-corrected chi connectivity index (χ1v) is 10.1. The highest BCUT2D eigenvalue weighted by molar-refractivity contribution is 6.09. The number of urea groups is 1. The molecule has 1 fully saturated rings. The van der Waals surface area contributed by atoms with Crippen molar-refractivity contribution in [3.05, 3.63) is 35.9 Å². The SMILES string of the molecule is CC(C)CCN(CCC(C)C)C(=O)CN1C(=O)N[C@](C)(c2ccccc2)C1=O. The quantitative estimate of drug-likeness (QED) is 0.661. The van der Waals surface area contributed by atoms with E-state index in [4.69, 9.17) is 0 Å². The first-order valence-electron chi connectivity index (χ1n) is 10.1. The Kier molecular flexibility index (Phi) is 7.22. The lowest BCUT2D eigenvalue weighted by Gasteiger charge is -2.26. The van der Waals surface area contributed by atoms with Crippen LogP contribution in [0.3, 0.4) is 0 Å². The summed E-state index contributed by atoms with van der Waals surface area (Å²) in [6, 6.07) is 8.61. The van der Waals surface area contributed by atoms with Crippen molar-refractivity contribution in [2.24, 2.45) is 11.8 Å². The number of imide groups is 1. The summed E-state index contributed by atoms with van der Waals surface area (Å²) >= 11 is 0. The lowest BCUT2D eigenvalue weighted by Crippen LogP contribution is -2.45. The highest BCUT2D eigenvalue weighted by Crippen LogP contribution is 2.28. The third-order valence-electron chi connectivity index (χ3n) is 5.22. The van der Waals surface area contributed by atoms with Crippen molar-refractivity contribution < 1.29 is 14.4 Å². The molecule has 0 spiro atoms. The summed E-state index contributed by atoms with van der Waals surface area (Å²) in [4.78, 5) is 41.2. The summed E-state index contributed by atoms with van der Waals surface area (Å²) in [6.45, 7) is 11.2. The maximum atomic E-state index is 13.0. The van der Waals surface area contributed by atoms with Gasteiger partial charge in [0.2, 0.25) is 5.91 Å². The zero-order valence-corrected chi connectivity index (χ0v) is 17.7. The average molecular weight is 388 g/mol. The Balaban J connectivity index is 2.11. The van der Waals surface area contributed by atoms with Crippen LogP contribution < -0.4 is 5.32 Å². The van der Waals surface area contributed by atoms with Crippen LogP contribution in [0, 0.1) is 11.8 Å². The van der Waals surface area contributed by atoms with E-state index in [1.165, 1.54) is 0 Å². The Labute approximate surface area is 168 Å². The number of hydrogen-bond donors (Lipinski definition) is 1. The molecule has 28 heavy (non-hydrogen) atoms. The fraction of sp³-hybridized carbons (Fsp3) is 0.591. The fourth-order valence-electron chi connectivity index (χ4n) is 3.23. The van der Waals surface area contributed by atoms with Gasteiger partial charge in [-0.25, -0.2) is 4.79 Å². The zero-order chi connectivity index (χ0) is 20.9. The first kappa shape index (κ1) is 21.9. The van der Waals surface area contributed by atoms with Crippen LogP contribution >= 0.6 is 0 Å². The summed E-state index contributed by atoms with van der Waals surface area (Å²) in [7, 11) is 0. The minimum Gasteiger partial charge on any atom is -0.341 e. The van der Waals surface area contributed by atoms with Gasteiger partial charge in [0.15, 0.2) is 0 Å². The number of nitrogens with zero attached hydrogens (tertiary/aromatic N) is 2. The molecular weight excluding hydrogens is 354 g/mol. The summed E-state index contributed by atoms with van der Waals surface area (Å²) in [5.41, 5.74) is -0.431. The van der Waals surface area contributed by atoms with Crippen LogP contribution in [0.2, 0.25) is 0 Å². The second-order valence-electron chi connectivity index (χ2n) is 8.56. The molecule has 1 N–H and O–H groups in total. The normalized spacial score (nSPS) is 19.5. The molecule has 0 radical (unpaired) electrons. The van der Waals surface area contributed by atoms with Gasteiger partial charge in [0.1, 0.15) is 12.1 Å². The molecule has 1 aliphatic heterocycles. The van der Waals surface area contributed by atoms with Gasteiger partial charge in [-0.1, -0.05) is 58.0 Å². The van der Waals surface area contributed by atoms with Gasteiger partial charge in [-0.3, -0.25) is 14.5 Å². The van der Waals surface area contributed by atoms with E-state index >= 15 is 0 Å². The van der Waals surface area contributed by atoms with E-state index in [2.05, 4.69) is 33.0 Å². The molecule has 4 amide bonds. The summed E-state index contributed by atoms with van der Waals surface area (Å²) < 4.78 is 0. The minimum absolute atomic E-state index is 0.179. The van der Waals surface area contributed by atoms with E-state index in [1.54, 1.807) is 24.0 Å². The van der Waals surface area contributed by atoms with Gasteiger partial charge in [-0.05, 0) is 37.2 Å². The molecule has 1 atom stereocenters. The average Bonchev–Trinajstić information content (AvgIpc) is 2.86. The first-order chi connectivity index (χ1) is 13.1. The van der Waals surface area contributed by atoms with Gasteiger partial charge in [0.05, 0.1) is 0 Å². The molecule has 6 heteroatoms. The van der Waals surface area contributed by atoms with Crippen LogP contribution in [0.4, 0.5) is 4.79 Å². The van der Waals surface area contributed by atoms with Crippen molar-refractivity contribution in [2.75, 3.05) is 19.6 Å². The van der Waals surface area contributed by atoms with E-state index in [0.717, 1.165) is 17.7 Å². The lowest BCUT2D eigenvalue weighted by atomic mass is 9.92. The van der Waals surface area contributed by atoms with Crippen LogP contribution in [0.5, 0.6) is 0 Å². The molecule has 0 unspecified atom stereocenters. The molecule has 1 aromatic rings. The highest BCUT2D eigenvalue weighted by Gasteiger charge is 2.49. The van der Waals surface area contributed by atoms with Gasteiger partial charge in [-0.2, -0.15) is 0 Å². The molecule has 0 saturated carbocycles. The Morgan fingerprint density at radius 2 is 1.57 bits per heavy atom. The number of benzene rings is 1. The summed E-state index contributed by atoms with van der Waals surface area (Å²) in [6.07, 6.45) is 1.79. The molecule has 1 heterocycles. The summed E-state index contributed by atoms with van der Waals surface area (Å²) in [5.74, 6) is 0.395. The van der Waals surface area contributed by atoms with E-state index in [1.807, 2.05) is 18.2 Å². The van der Waals surface area contributed by atoms with Crippen LogP contribution in [-0.4, -0.2) is 47.3 Å². The molecular formula is C22H33N3O3. The molecule has 6 nitrogen and oxygen atoms in total. The van der Waals surface area contributed by atoms with Gasteiger partial charge < -0.3 is 10.2 Å². The van der Waals surface area contributed by atoms with Crippen molar-refractivity contribution in [1.82, 2.24) is 15.1 Å². The minimum atomic E-state index is -1.14. The van der Waals surface area contributed by atoms with Gasteiger partial charge >= 0.3 is 6.03 Å².